The first-order chi connectivity index (χ1) is 9.57. The molecule has 5 heteroatoms. The van der Waals surface area contributed by atoms with Crippen molar-refractivity contribution in [1.29, 1.82) is 0 Å². The van der Waals surface area contributed by atoms with Gasteiger partial charge in [-0.1, -0.05) is 25.1 Å². The van der Waals surface area contributed by atoms with Gasteiger partial charge in [0, 0.05) is 30.6 Å². The molecule has 0 spiro atoms. The van der Waals surface area contributed by atoms with E-state index in [9.17, 15) is 8.42 Å². The lowest BCUT2D eigenvalue weighted by Gasteiger charge is -2.35. The van der Waals surface area contributed by atoms with Crippen LogP contribution in [0.3, 0.4) is 0 Å². The van der Waals surface area contributed by atoms with Gasteiger partial charge in [0.05, 0.1) is 5.75 Å². The summed E-state index contributed by atoms with van der Waals surface area (Å²) >= 11 is 0. The second-order valence-corrected chi connectivity index (χ2v) is 7.63. The van der Waals surface area contributed by atoms with Gasteiger partial charge >= 0.3 is 0 Å². The van der Waals surface area contributed by atoms with E-state index in [1.807, 2.05) is 26.1 Å². The van der Waals surface area contributed by atoms with Crippen molar-refractivity contribution in [1.82, 2.24) is 5.32 Å². The highest BCUT2D eigenvalue weighted by Gasteiger charge is 2.24. The Hall–Kier alpha value is -1.07. The lowest BCUT2D eigenvalue weighted by Crippen LogP contribution is -2.37. The van der Waals surface area contributed by atoms with Gasteiger partial charge in [0.15, 0.2) is 9.84 Å². The van der Waals surface area contributed by atoms with Crippen LogP contribution in [0.4, 0.5) is 5.69 Å². The Labute approximate surface area is 122 Å². The van der Waals surface area contributed by atoms with Crippen molar-refractivity contribution in [3.8, 4) is 0 Å². The second kappa shape index (κ2) is 6.59. The molecule has 1 aromatic carbocycles. The van der Waals surface area contributed by atoms with Crippen LogP contribution < -0.4 is 10.2 Å². The molecule has 0 radical (unpaired) electrons. The van der Waals surface area contributed by atoms with E-state index in [2.05, 4.69) is 22.3 Å². The van der Waals surface area contributed by atoms with Crippen LogP contribution in [0.25, 0.3) is 0 Å². The summed E-state index contributed by atoms with van der Waals surface area (Å²) in [5, 5.41) is 3.33. The third kappa shape index (κ3) is 3.52. The lowest BCUT2D eigenvalue weighted by molar-refractivity contribution is 0.519. The zero-order valence-corrected chi connectivity index (χ0v) is 13.1. The molecule has 2 rings (SSSR count). The van der Waals surface area contributed by atoms with E-state index in [1.54, 1.807) is 0 Å². The number of sulfone groups is 1. The molecule has 4 nitrogen and oxygen atoms in total. The molecule has 0 aromatic heterocycles. The molecule has 0 saturated carbocycles. The van der Waals surface area contributed by atoms with Crippen molar-refractivity contribution in [2.45, 2.75) is 25.8 Å². The summed E-state index contributed by atoms with van der Waals surface area (Å²) in [4.78, 5) is 2.20. The fourth-order valence-electron chi connectivity index (χ4n) is 2.83. The molecule has 112 valence electrons. The monoisotopic (exact) mass is 296 g/mol. The van der Waals surface area contributed by atoms with Crippen molar-refractivity contribution >= 4 is 15.5 Å². The first-order valence-electron chi connectivity index (χ1n) is 7.29. The zero-order chi connectivity index (χ0) is 14.6. The van der Waals surface area contributed by atoms with Crippen LogP contribution in [-0.4, -0.2) is 40.1 Å². The van der Waals surface area contributed by atoms with E-state index in [4.69, 9.17) is 0 Å². The Bertz CT molecular complexity index is 543. The Morgan fingerprint density at radius 2 is 2.05 bits per heavy atom. The van der Waals surface area contributed by atoms with Crippen LogP contribution in [0.5, 0.6) is 0 Å². The number of hydrogen-bond acceptors (Lipinski definition) is 4. The topological polar surface area (TPSA) is 49.4 Å². The smallest absolute Gasteiger partial charge is 0.152 e. The van der Waals surface area contributed by atoms with Crippen LogP contribution in [0.1, 0.15) is 31.4 Å². The SMILES string of the molecule is CCCS(=O)(=O)CCN1CCC(NC)c2ccccc21. The first-order valence-corrected chi connectivity index (χ1v) is 9.11. The number of anilines is 1. The van der Waals surface area contributed by atoms with Crippen molar-refractivity contribution in [2.75, 3.05) is 36.5 Å². The first kappa shape index (κ1) is 15.3. The average molecular weight is 296 g/mol. The van der Waals surface area contributed by atoms with Gasteiger partial charge in [0.1, 0.15) is 0 Å². The molecule has 1 N–H and O–H groups in total. The minimum absolute atomic E-state index is 0.249. The van der Waals surface area contributed by atoms with Gasteiger partial charge in [-0.25, -0.2) is 8.42 Å². The summed E-state index contributed by atoms with van der Waals surface area (Å²) in [5.41, 5.74) is 2.44. The summed E-state index contributed by atoms with van der Waals surface area (Å²) in [7, 11) is -0.935. The van der Waals surface area contributed by atoms with E-state index < -0.39 is 9.84 Å². The average Bonchev–Trinajstić information content (AvgIpc) is 2.44. The van der Waals surface area contributed by atoms with Crippen LogP contribution in [0.15, 0.2) is 24.3 Å². The molecule has 20 heavy (non-hydrogen) atoms. The Balaban J connectivity index is 2.11. The molecular formula is C15H24N2O2S. The molecule has 0 bridgehead atoms. The quantitative estimate of drug-likeness (QED) is 0.872. The van der Waals surface area contributed by atoms with Crippen molar-refractivity contribution in [3.05, 3.63) is 29.8 Å². The normalized spacial score (nSPS) is 18.9. The minimum Gasteiger partial charge on any atom is -0.370 e. The number of benzene rings is 1. The van der Waals surface area contributed by atoms with Crippen molar-refractivity contribution < 1.29 is 8.42 Å². The number of fused-ring (bicyclic) bond motifs is 1. The summed E-state index contributed by atoms with van der Waals surface area (Å²) < 4.78 is 23.7. The van der Waals surface area contributed by atoms with Crippen LogP contribution in [-0.2, 0) is 9.84 Å². The number of para-hydroxylation sites is 1. The molecule has 0 amide bonds. The summed E-state index contributed by atoms with van der Waals surface area (Å²) in [6.45, 7) is 3.41. The largest absolute Gasteiger partial charge is 0.370 e. The van der Waals surface area contributed by atoms with Gasteiger partial charge in [-0.2, -0.15) is 0 Å². The summed E-state index contributed by atoms with van der Waals surface area (Å²) in [5.74, 6) is 0.543. The number of hydrogen-bond donors (Lipinski definition) is 1. The maximum Gasteiger partial charge on any atom is 0.152 e. The maximum absolute atomic E-state index is 11.9. The highest BCUT2D eigenvalue weighted by atomic mass is 32.2. The lowest BCUT2D eigenvalue weighted by atomic mass is 9.96. The van der Waals surface area contributed by atoms with Gasteiger partial charge < -0.3 is 10.2 Å². The molecule has 1 unspecified atom stereocenters. The Morgan fingerprint density at radius 1 is 1.30 bits per heavy atom. The van der Waals surface area contributed by atoms with E-state index in [1.165, 1.54) is 11.3 Å². The molecule has 0 aliphatic carbocycles. The Morgan fingerprint density at radius 3 is 2.75 bits per heavy atom. The predicted molar refractivity (Wildman–Crippen MR) is 84.0 cm³/mol. The number of nitrogens with one attached hydrogen (secondary N) is 1. The van der Waals surface area contributed by atoms with Crippen molar-refractivity contribution in [2.24, 2.45) is 0 Å². The van der Waals surface area contributed by atoms with Crippen LogP contribution in [0, 0.1) is 0 Å². The molecule has 1 heterocycles. The van der Waals surface area contributed by atoms with Crippen LogP contribution >= 0.6 is 0 Å². The maximum atomic E-state index is 11.9. The molecule has 1 aromatic rings. The van der Waals surface area contributed by atoms with Gasteiger partial charge in [-0.05, 0) is 31.5 Å². The van der Waals surface area contributed by atoms with Crippen molar-refractivity contribution in [3.63, 3.8) is 0 Å². The molecule has 0 saturated heterocycles. The van der Waals surface area contributed by atoms with Crippen LogP contribution in [0.2, 0.25) is 0 Å². The summed E-state index contributed by atoms with van der Waals surface area (Å²) in [6, 6.07) is 8.65. The fourth-order valence-corrected chi connectivity index (χ4v) is 4.15. The third-order valence-corrected chi connectivity index (χ3v) is 5.71. The van der Waals surface area contributed by atoms with E-state index in [0.717, 1.165) is 13.0 Å². The van der Waals surface area contributed by atoms with Gasteiger partial charge in [0.2, 0.25) is 0 Å². The van der Waals surface area contributed by atoms with Gasteiger partial charge in [-0.15, -0.1) is 0 Å². The Kier molecular flexibility index (Phi) is 5.05. The van der Waals surface area contributed by atoms with E-state index in [0.29, 0.717) is 24.8 Å². The molecule has 1 atom stereocenters. The fraction of sp³-hybridized carbons (Fsp3) is 0.600. The second-order valence-electron chi connectivity index (χ2n) is 5.33. The standard InChI is InChI=1S/C15H24N2O2S/c1-3-11-20(18,19)12-10-17-9-8-14(16-2)13-6-4-5-7-15(13)17/h4-7,14,16H,3,8-12H2,1-2H3. The zero-order valence-electron chi connectivity index (χ0n) is 12.3. The predicted octanol–water partition coefficient (Wildman–Crippen LogP) is 1.98. The highest BCUT2D eigenvalue weighted by Crippen LogP contribution is 2.33. The minimum atomic E-state index is -2.91. The molecule has 1 aliphatic rings. The molecule has 0 fully saturated rings. The van der Waals surface area contributed by atoms with Gasteiger partial charge in [-0.3, -0.25) is 0 Å². The van der Waals surface area contributed by atoms with E-state index in [-0.39, 0.29) is 5.75 Å². The molecule has 1 aliphatic heterocycles. The molecular weight excluding hydrogens is 272 g/mol. The highest BCUT2D eigenvalue weighted by molar-refractivity contribution is 7.91. The third-order valence-electron chi connectivity index (χ3n) is 3.88. The number of nitrogens with zero attached hydrogens (tertiary/aromatic N) is 1. The van der Waals surface area contributed by atoms with E-state index >= 15 is 0 Å². The summed E-state index contributed by atoms with van der Waals surface area (Å²) in [6.07, 6.45) is 1.71. The number of rotatable bonds is 6. The van der Waals surface area contributed by atoms with Gasteiger partial charge in [0.25, 0.3) is 0 Å².